The van der Waals surface area contributed by atoms with Crippen LogP contribution in [0.1, 0.15) is 18.4 Å². The Hall–Kier alpha value is -4.94. The van der Waals surface area contributed by atoms with Crippen LogP contribution in [-0.2, 0) is 16.2 Å². The molecule has 0 atom stereocenters. The molecule has 4 aromatic carbocycles. The molecule has 246 valence electrons. The number of benzene rings is 4. The van der Waals surface area contributed by atoms with E-state index in [2.05, 4.69) is 9.82 Å². The number of hydrogen-bond donors (Lipinski definition) is 2. The molecular weight excluding hydrogens is 618 g/mol. The van der Waals surface area contributed by atoms with Crippen LogP contribution in [0, 0.1) is 0 Å². The number of aliphatic carboxylic acids is 1. The van der Waals surface area contributed by atoms with Crippen LogP contribution in [0.3, 0.4) is 0 Å². The standard InChI is InChI=1S/C22H24N2O4S.C14H15NO3/c1-24(14-11-21(25)26)13-2-15-27-18-7-9-20(10-8-18)28-19-5-3-17(4-6-19)22-23-12-16-29-22;1-16-12-6-8-14(9-7-12)18-13-4-2-11(3-5-13)10-17-15/h3-10,12,16H,2,11,13-15H2,1H3,(H,25,26);2-9H,10,15H2,1H3. The molecule has 0 spiro atoms. The lowest BCUT2D eigenvalue weighted by Crippen LogP contribution is -2.24. The third-order valence-corrected chi connectivity index (χ3v) is 7.54. The van der Waals surface area contributed by atoms with Crippen LogP contribution < -0.4 is 24.8 Å². The number of methoxy groups -OCH3 is 1. The van der Waals surface area contributed by atoms with Gasteiger partial charge < -0.3 is 29.0 Å². The summed E-state index contributed by atoms with van der Waals surface area (Å²) >= 11 is 1.61. The van der Waals surface area contributed by atoms with Crippen molar-refractivity contribution < 1.29 is 33.7 Å². The van der Waals surface area contributed by atoms with Crippen molar-refractivity contribution in [2.45, 2.75) is 19.4 Å². The summed E-state index contributed by atoms with van der Waals surface area (Å²) in [6.07, 6.45) is 2.79. The number of hydrogen-bond acceptors (Lipinski definition) is 10. The van der Waals surface area contributed by atoms with E-state index in [0.717, 1.165) is 63.6 Å². The zero-order chi connectivity index (χ0) is 33.3. The summed E-state index contributed by atoms with van der Waals surface area (Å²) in [5, 5.41) is 11.6. The summed E-state index contributed by atoms with van der Waals surface area (Å²) < 4.78 is 22.4. The molecule has 0 saturated carbocycles. The maximum absolute atomic E-state index is 10.6. The Morgan fingerprint density at radius 3 is 1.83 bits per heavy atom. The van der Waals surface area contributed by atoms with Crippen LogP contribution in [0.25, 0.3) is 10.6 Å². The van der Waals surface area contributed by atoms with Crippen molar-refractivity contribution in [2.75, 3.05) is 33.9 Å². The van der Waals surface area contributed by atoms with Gasteiger partial charge in [0.2, 0.25) is 0 Å². The lowest BCUT2D eigenvalue weighted by molar-refractivity contribution is -0.137. The Kier molecular flexibility index (Phi) is 14.0. The van der Waals surface area contributed by atoms with E-state index in [4.69, 9.17) is 30.0 Å². The van der Waals surface area contributed by atoms with E-state index < -0.39 is 5.97 Å². The second-order valence-electron chi connectivity index (χ2n) is 10.3. The minimum absolute atomic E-state index is 0.159. The van der Waals surface area contributed by atoms with Gasteiger partial charge in [-0.25, -0.2) is 10.9 Å². The van der Waals surface area contributed by atoms with Gasteiger partial charge in [0.1, 0.15) is 39.5 Å². The van der Waals surface area contributed by atoms with Crippen molar-refractivity contribution >= 4 is 17.3 Å². The largest absolute Gasteiger partial charge is 0.497 e. The van der Waals surface area contributed by atoms with Crippen molar-refractivity contribution in [1.29, 1.82) is 0 Å². The van der Waals surface area contributed by atoms with E-state index >= 15 is 0 Å². The predicted molar refractivity (Wildman–Crippen MR) is 182 cm³/mol. The Morgan fingerprint density at radius 1 is 0.787 bits per heavy atom. The maximum Gasteiger partial charge on any atom is 0.304 e. The van der Waals surface area contributed by atoms with Gasteiger partial charge in [0, 0.05) is 30.2 Å². The molecular formula is C36H39N3O7S. The highest BCUT2D eigenvalue weighted by Gasteiger charge is 2.05. The fourth-order valence-electron chi connectivity index (χ4n) is 4.22. The minimum Gasteiger partial charge on any atom is -0.497 e. The molecule has 5 rings (SSSR count). The highest BCUT2D eigenvalue weighted by molar-refractivity contribution is 7.13. The molecule has 10 nitrogen and oxygen atoms in total. The number of nitrogens with zero attached hydrogens (tertiary/aromatic N) is 2. The van der Waals surface area contributed by atoms with Crippen LogP contribution in [0.2, 0.25) is 0 Å². The molecule has 0 bridgehead atoms. The summed E-state index contributed by atoms with van der Waals surface area (Å²) in [5.41, 5.74) is 2.07. The second kappa shape index (κ2) is 18.9. The molecule has 0 amide bonds. The van der Waals surface area contributed by atoms with E-state index in [1.165, 1.54) is 0 Å². The smallest absolute Gasteiger partial charge is 0.304 e. The first-order valence-corrected chi connectivity index (χ1v) is 15.8. The number of carbonyl (C=O) groups is 1. The van der Waals surface area contributed by atoms with Crippen LogP contribution in [0.15, 0.2) is 109 Å². The van der Waals surface area contributed by atoms with Crippen molar-refractivity contribution in [3.8, 4) is 45.1 Å². The van der Waals surface area contributed by atoms with Gasteiger partial charge in [-0.05, 0) is 104 Å². The van der Waals surface area contributed by atoms with E-state index in [-0.39, 0.29) is 6.42 Å². The normalized spacial score (nSPS) is 10.6. The zero-order valence-corrected chi connectivity index (χ0v) is 27.2. The van der Waals surface area contributed by atoms with Crippen molar-refractivity contribution in [3.63, 3.8) is 0 Å². The third-order valence-electron chi connectivity index (χ3n) is 6.72. The lowest BCUT2D eigenvalue weighted by atomic mass is 10.2. The molecule has 0 aliphatic carbocycles. The predicted octanol–water partition coefficient (Wildman–Crippen LogP) is 7.66. The molecule has 1 aromatic heterocycles. The molecule has 0 unspecified atom stereocenters. The lowest BCUT2D eigenvalue weighted by Gasteiger charge is -2.15. The highest BCUT2D eigenvalue weighted by atomic mass is 32.1. The molecule has 0 saturated heterocycles. The summed E-state index contributed by atoms with van der Waals surface area (Å²) in [5.74, 6) is 8.86. The molecule has 11 heteroatoms. The van der Waals surface area contributed by atoms with Crippen LogP contribution in [0.4, 0.5) is 0 Å². The van der Waals surface area contributed by atoms with Gasteiger partial charge in [-0.2, -0.15) is 0 Å². The number of aromatic nitrogens is 1. The number of ether oxygens (including phenoxy) is 4. The molecule has 0 aliphatic rings. The van der Waals surface area contributed by atoms with Gasteiger partial charge in [-0.1, -0.05) is 12.1 Å². The number of carboxylic acid groups (broad SMARTS) is 1. The molecule has 0 fully saturated rings. The fraction of sp³-hybridized carbons (Fsp3) is 0.222. The Morgan fingerprint density at radius 2 is 1.32 bits per heavy atom. The summed E-state index contributed by atoms with van der Waals surface area (Å²) in [4.78, 5) is 21.4. The monoisotopic (exact) mass is 657 g/mol. The summed E-state index contributed by atoms with van der Waals surface area (Å²) in [7, 11) is 3.55. The van der Waals surface area contributed by atoms with Crippen molar-refractivity contribution in [2.24, 2.45) is 5.90 Å². The fourth-order valence-corrected chi connectivity index (χ4v) is 4.87. The SMILES string of the molecule is CN(CCCOc1ccc(Oc2ccc(-c3nccs3)cc2)cc1)CCC(=O)O.COc1ccc(Oc2ccc(CON)cc2)cc1. The third kappa shape index (κ3) is 12.4. The van der Waals surface area contributed by atoms with Gasteiger partial charge in [0.25, 0.3) is 0 Å². The quantitative estimate of drug-likeness (QED) is 0.0807. The van der Waals surface area contributed by atoms with E-state index in [9.17, 15) is 4.79 Å². The van der Waals surface area contributed by atoms with Crippen molar-refractivity contribution in [1.82, 2.24) is 9.88 Å². The number of carboxylic acids is 1. The molecule has 0 radical (unpaired) electrons. The first-order valence-electron chi connectivity index (χ1n) is 15.0. The van der Waals surface area contributed by atoms with Gasteiger partial charge in [-0.3, -0.25) is 9.63 Å². The maximum atomic E-state index is 10.6. The Bertz CT molecular complexity index is 1600. The summed E-state index contributed by atoms with van der Waals surface area (Å²) in [6.45, 7) is 2.32. The molecule has 0 aliphatic heterocycles. The molecule has 3 N–H and O–H groups in total. The van der Waals surface area contributed by atoms with Gasteiger partial charge in [0.05, 0.1) is 26.7 Å². The van der Waals surface area contributed by atoms with Crippen LogP contribution >= 0.6 is 11.3 Å². The number of rotatable bonds is 16. The minimum atomic E-state index is -0.772. The van der Waals surface area contributed by atoms with Crippen LogP contribution in [0.5, 0.6) is 34.5 Å². The average Bonchev–Trinajstić information content (AvgIpc) is 3.64. The first-order chi connectivity index (χ1) is 22.9. The van der Waals surface area contributed by atoms with Gasteiger partial charge >= 0.3 is 5.97 Å². The number of thiazole rings is 1. The summed E-state index contributed by atoms with van der Waals surface area (Å²) in [6, 6.07) is 30.4. The van der Waals surface area contributed by atoms with Gasteiger partial charge in [0.15, 0.2) is 0 Å². The zero-order valence-electron chi connectivity index (χ0n) is 26.4. The molecule has 47 heavy (non-hydrogen) atoms. The van der Waals surface area contributed by atoms with Crippen LogP contribution in [-0.4, -0.2) is 54.8 Å². The van der Waals surface area contributed by atoms with E-state index in [0.29, 0.717) is 19.8 Å². The second-order valence-corrected chi connectivity index (χ2v) is 11.2. The van der Waals surface area contributed by atoms with Crippen molar-refractivity contribution in [3.05, 3.63) is 114 Å². The van der Waals surface area contributed by atoms with E-state index in [1.54, 1.807) is 24.6 Å². The topological polar surface area (TPSA) is 126 Å². The highest BCUT2D eigenvalue weighted by Crippen LogP contribution is 2.28. The average molecular weight is 658 g/mol. The van der Waals surface area contributed by atoms with E-state index in [1.807, 2.05) is 114 Å². The molecule has 5 aromatic rings. The number of nitrogens with two attached hydrogens (primary N) is 1. The Balaban J connectivity index is 0.000000238. The first kappa shape index (κ1) is 34.9. The molecule has 1 heterocycles. The Labute approximate surface area is 278 Å². The van der Waals surface area contributed by atoms with Gasteiger partial charge in [-0.15, -0.1) is 11.3 Å².